The fraction of sp³-hybridized carbons (Fsp3) is 0.300. The third kappa shape index (κ3) is 3.85. The number of piperazine rings is 1. The van der Waals surface area contributed by atoms with Crippen molar-refractivity contribution in [2.24, 2.45) is 0 Å². The molecule has 3 aromatic rings. The Kier molecular flexibility index (Phi) is 6.60. The molecule has 158 valence electrons. The van der Waals surface area contributed by atoms with Crippen LogP contribution in [0.3, 0.4) is 0 Å². The van der Waals surface area contributed by atoms with Crippen molar-refractivity contribution < 1.29 is 0 Å². The first kappa shape index (κ1) is 22.3. The highest BCUT2D eigenvalue weighted by molar-refractivity contribution is 9.15. The van der Waals surface area contributed by atoms with Crippen LogP contribution in [-0.4, -0.2) is 50.6 Å². The SMILES string of the molecule is C=Cc1nc(C)c(CN2CCN(c3nc4c(Br)c(Br)c(Br)c(Br)c4[nH]3)CC2)n1C=C. The first-order chi connectivity index (χ1) is 14.3. The van der Waals surface area contributed by atoms with Crippen molar-refractivity contribution in [3.63, 3.8) is 0 Å². The van der Waals surface area contributed by atoms with Crippen LogP contribution in [0.4, 0.5) is 5.95 Å². The van der Waals surface area contributed by atoms with Gasteiger partial charge in [-0.15, -0.1) is 0 Å². The van der Waals surface area contributed by atoms with Gasteiger partial charge >= 0.3 is 0 Å². The van der Waals surface area contributed by atoms with Crippen molar-refractivity contribution in [3.05, 3.63) is 48.3 Å². The lowest BCUT2D eigenvalue weighted by atomic mass is 10.2. The number of hydrogen-bond acceptors (Lipinski definition) is 4. The minimum Gasteiger partial charge on any atom is -0.340 e. The van der Waals surface area contributed by atoms with Crippen LogP contribution >= 0.6 is 63.7 Å². The molecule has 2 aromatic heterocycles. The predicted molar refractivity (Wildman–Crippen MR) is 138 cm³/mol. The van der Waals surface area contributed by atoms with E-state index < -0.39 is 0 Å². The predicted octanol–water partition coefficient (Wildman–Crippen LogP) is 6.18. The summed E-state index contributed by atoms with van der Waals surface area (Å²) in [6, 6.07) is 0. The maximum atomic E-state index is 4.85. The van der Waals surface area contributed by atoms with E-state index in [9.17, 15) is 0 Å². The summed E-state index contributed by atoms with van der Waals surface area (Å²) in [5.74, 6) is 1.73. The number of aryl methyl sites for hydroxylation is 1. The summed E-state index contributed by atoms with van der Waals surface area (Å²) in [4.78, 5) is 17.6. The quantitative estimate of drug-likeness (QED) is 0.262. The molecule has 0 unspecified atom stereocenters. The van der Waals surface area contributed by atoms with Crippen LogP contribution in [-0.2, 0) is 6.54 Å². The smallest absolute Gasteiger partial charge is 0.203 e. The lowest BCUT2D eigenvalue weighted by Gasteiger charge is -2.34. The van der Waals surface area contributed by atoms with Gasteiger partial charge in [-0.05, 0) is 76.7 Å². The van der Waals surface area contributed by atoms with Gasteiger partial charge < -0.3 is 14.5 Å². The van der Waals surface area contributed by atoms with Crippen LogP contribution in [0.1, 0.15) is 17.2 Å². The van der Waals surface area contributed by atoms with Crippen LogP contribution in [0.2, 0.25) is 0 Å². The van der Waals surface area contributed by atoms with Crippen LogP contribution in [0.5, 0.6) is 0 Å². The van der Waals surface area contributed by atoms with Gasteiger partial charge in [-0.3, -0.25) is 4.90 Å². The number of rotatable bonds is 5. The molecule has 4 rings (SSSR count). The van der Waals surface area contributed by atoms with Gasteiger partial charge in [0, 0.05) is 47.9 Å². The third-order valence-corrected chi connectivity index (χ3v) is 10.1. The topological polar surface area (TPSA) is 53.0 Å². The van der Waals surface area contributed by atoms with E-state index >= 15 is 0 Å². The van der Waals surface area contributed by atoms with E-state index in [0.29, 0.717) is 0 Å². The Balaban J connectivity index is 1.51. The highest BCUT2D eigenvalue weighted by Crippen LogP contribution is 2.43. The number of aromatic nitrogens is 4. The second-order valence-corrected chi connectivity index (χ2v) is 10.2. The zero-order valence-electron chi connectivity index (χ0n) is 16.4. The van der Waals surface area contributed by atoms with Crippen LogP contribution in [0.25, 0.3) is 23.3 Å². The summed E-state index contributed by atoms with van der Waals surface area (Å²) < 4.78 is 5.81. The molecule has 10 heteroatoms. The molecule has 0 spiro atoms. The maximum Gasteiger partial charge on any atom is 0.203 e. The van der Waals surface area contributed by atoms with Crippen molar-refractivity contribution in [1.82, 2.24) is 24.4 Å². The molecule has 1 N–H and O–H groups in total. The Hall–Kier alpha value is -0.940. The number of fused-ring (bicyclic) bond motifs is 1. The average Bonchev–Trinajstić information content (AvgIpc) is 3.33. The van der Waals surface area contributed by atoms with E-state index in [-0.39, 0.29) is 0 Å². The van der Waals surface area contributed by atoms with Gasteiger partial charge in [0.15, 0.2) is 0 Å². The van der Waals surface area contributed by atoms with Crippen molar-refractivity contribution in [2.75, 3.05) is 31.1 Å². The van der Waals surface area contributed by atoms with E-state index in [0.717, 1.165) is 79.1 Å². The molecule has 0 saturated carbocycles. The molecule has 30 heavy (non-hydrogen) atoms. The number of H-pyrrole nitrogens is 1. The number of hydrogen-bond donors (Lipinski definition) is 1. The molecule has 0 amide bonds. The first-order valence-electron chi connectivity index (χ1n) is 9.37. The second kappa shape index (κ2) is 8.90. The Morgan fingerprint density at radius 2 is 1.63 bits per heavy atom. The second-order valence-electron chi connectivity index (χ2n) is 7.06. The van der Waals surface area contributed by atoms with Gasteiger partial charge in [0.2, 0.25) is 5.95 Å². The fourth-order valence-electron chi connectivity index (χ4n) is 3.71. The molecular formula is C20H20Br4N6. The standard InChI is InChI=1S/C20H20Br4N6/c1-4-13-25-11(3)12(30(13)5-2)10-28-6-8-29(9-7-28)20-26-18-16(23)14(21)15(22)17(24)19(18)27-20/h4-5H,1-2,6-10H2,3H3,(H,26,27). The van der Waals surface area contributed by atoms with Crippen molar-refractivity contribution >= 4 is 93.0 Å². The van der Waals surface area contributed by atoms with Gasteiger partial charge in [0.25, 0.3) is 0 Å². The summed E-state index contributed by atoms with van der Waals surface area (Å²) in [6.07, 6.45) is 3.58. The van der Waals surface area contributed by atoms with Crippen molar-refractivity contribution in [1.29, 1.82) is 0 Å². The molecule has 1 fully saturated rings. The van der Waals surface area contributed by atoms with Gasteiger partial charge in [-0.1, -0.05) is 13.2 Å². The van der Waals surface area contributed by atoms with E-state index in [1.165, 1.54) is 5.69 Å². The minimum atomic E-state index is 0.837. The van der Waals surface area contributed by atoms with E-state index in [2.05, 4.69) is 96.6 Å². The highest BCUT2D eigenvalue weighted by atomic mass is 79.9. The molecule has 6 nitrogen and oxygen atoms in total. The highest BCUT2D eigenvalue weighted by Gasteiger charge is 2.24. The number of benzene rings is 1. The Bertz CT molecular complexity index is 1100. The van der Waals surface area contributed by atoms with Crippen molar-refractivity contribution in [3.8, 4) is 0 Å². The maximum absolute atomic E-state index is 4.85. The molecule has 0 bridgehead atoms. The van der Waals surface area contributed by atoms with Gasteiger partial charge in [0.1, 0.15) is 11.3 Å². The number of halogens is 4. The number of nitrogens with zero attached hydrogens (tertiary/aromatic N) is 5. The normalized spacial score (nSPS) is 15.2. The van der Waals surface area contributed by atoms with Crippen molar-refractivity contribution in [2.45, 2.75) is 13.5 Å². The molecule has 3 heterocycles. The summed E-state index contributed by atoms with van der Waals surface area (Å²) >= 11 is 14.5. The molecular weight excluding hydrogens is 644 g/mol. The van der Waals surface area contributed by atoms with E-state index in [1.807, 2.05) is 17.7 Å². The minimum absolute atomic E-state index is 0.837. The number of imidazole rings is 2. The fourth-order valence-corrected chi connectivity index (χ4v) is 5.99. The van der Waals surface area contributed by atoms with Gasteiger partial charge in [-0.25, -0.2) is 9.97 Å². The number of nitrogens with one attached hydrogen (secondary N) is 1. The molecule has 1 aliphatic heterocycles. The first-order valence-corrected chi connectivity index (χ1v) is 12.5. The molecule has 0 aliphatic carbocycles. The summed E-state index contributed by atoms with van der Waals surface area (Å²) in [5, 5.41) is 0. The Morgan fingerprint density at radius 3 is 2.27 bits per heavy atom. The van der Waals surface area contributed by atoms with Crippen LogP contribution < -0.4 is 4.90 Å². The van der Waals surface area contributed by atoms with E-state index in [1.54, 1.807) is 6.08 Å². The zero-order valence-corrected chi connectivity index (χ0v) is 22.7. The van der Waals surface area contributed by atoms with Crippen LogP contribution in [0, 0.1) is 6.92 Å². The molecule has 1 aliphatic rings. The third-order valence-electron chi connectivity index (χ3n) is 5.34. The monoisotopic (exact) mass is 660 g/mol. The lowest BCUT2D eigenvalue weighted by Crippen LogP contribution is -2.46. The number of anilines is 1. The summed E-state index contributed by atoms with van der Waals surface area (Å²) in [5.41, 5.74) is 4.06. The van der Waals surface area contributed by atoms with Gasteiger partial charge in [-0.2, -0.15) is 0 Å². The molecule has 1 aromatic carbocycles. The van der Waals surface area contributed by atoms with Gasteiger partial charge in [0.05, 0.1) is 25.8 Å². The molecule has 1 saturated heterocycles. The average molecular weight is 664 g/mol. The zero-order chi connectivity index (χ0) is 21.6. The lowest BCUT2D eigenvalue weighted by molar-refractivity contribution is 0.245. The molecule has 0 radical (unpaired) electrons. The summed E-state index contributed by atoms with van der Waals surface area (Å²) in [6.45, 7) is 14.3. The Morgan fingerprint density at radius 1 is 0.967 bits per heavy atom. The Labute approximate surface area is 208 Å². The molecule has 0 atom stereocenters. The van der Waals surface area contributed by atoms with E-state index in [4.69, 9.17) is 4.98 Å². The number of aromatic amines is 1. The largest absolute Gasteiger partial charge is 0.340 e. The summed E-state index contributed by atoms with van der Waals surface area (Å²) in [7, 11) is 0. The van der Waals surface area contributed by atoms with Crippen LogP contribution in [0.15, 0.2) is 31.0 Å².